The summed E-state index contributed by atoms with van der Waals surface area (Å²) in [5.41, 5.74) is 4.54. The van der Waals surface area contributed by atoms with Gasteiger partial charge in [0.2, 0.25) is 0 Å². The molecule has 0 saturated carbocycles. The molecule has 3 aromatic rings. The van der Waals surface area contributed by atoms with Gasteiger partial charge in [0.1, 0.15) is 4.90 Å². The van der Waals surface area contributed by atoms with Gasteiger partial charge in [0.25, 0.3) is 15.9 Å². The molecule has 1 saturated heterocycles. The average molecular weight is 514 g/mol. The van der Waals surface area contributed by atoms with Gasteiger partial charge in [-0.15, -0.1) is 0 Å². The van der Waals surface area contributed by atoms with E-state index in [9.17, 15) is 13.2 Å². The number of anilines is 2. The smallest absolute Gasteiger partial charge is 0.263 e. The predicted octanol–water partition coefficient (Wildman–Crippen LogP) is 4.52. The molecule has 2 N–H and O–H groups in total. The number of rotatable bonds is 7. The summed E-state index contributed by atoms with van der Waals surface area (Å²) in [5.74, 6) is -0.387. The largest absolute Gasteiger partial charge is 0.378 e. The molecule has 3 aromatic carbocycles. The molecule has 1 aliphatic rings. The Balaban J connectivity index is 1.44. The fraction of sp³-hybridized carbons (Fsp3) is 0.269. The van der Waals surface area contributed by atoms with Crippen molar-refractivity contribution in [1.29, 1.82) is 0 Å². The minimum absolute atomic E-state index is 0.0394. The van der Waals surface area contributed by atoms with E-state index in [2.05, 4.69) is 14.9 Å². The molecule has 0 aliphatic carbocycles. The maximum Gasteiger partial charge on any atom is 0.263 e. The van der Waals surface area contributed by atoms with Crippen molar-refractivity contribution in [3.8, 4) is 0 Å². The Labute approximate surface area is 211 Å². The lowest BCUT2D eigenvalue weighted by Crippen LogP contribution is -2.36. The normalized spacial score (nSPS) is 14.0. The molecule has 0 unspecified atom stereocenters. The van der Waals surface area contributed by atoms with E-state index < -0.39 is 10.0 Å². The minimum Gasteiger partial charge on any atom is -0.378 e. The molecule has 4 rings (SSSR count). The third-order valence-corrected chi connectivity index (χ3v) is 7.72. The summed E-state index contributed by atoms with van der Waals surface area (Å²) in [4.78, 5) is 14.9. The number of benzene rings is 3. The number of hydrogen-bond acceptors (Lipinski definition) is 5. The number of ether oxygens (including phenoxy) is 1. The van der Waals surface area contributed by atoms with Crippen LogP contribution >= 0.6 is 11.6 Å². The average Bonchev–Trinajstić information content (AvgIpc) is 2.85. The van der Waals surface area contributed by atoms with Crippen LogP contribution in [-0.2, 0) is 21.3 Å². The zero-order valence-corrected chi connectivity index (χ0v) is 21.2. The van der Waals surface area contributed by atoms with Crippen molar-refractivity contribution in [3.63, 3.8) is 0 Å². The molecular formula is C26H28ClN3O4S. The molecule has 0 bridgehead atoms. The maximum atomic E-state index is 13.0. The molecule has 1 amide bonds. The SMILES string of the molecule is Cc1ccc(NS(=O)(=O)c2cc(C(=O)NCc3ccc(N4CCOCC4)cc3)ccc2Cl)c(C)c1. The van der Waals surface area contributed by atoms with Crippen LogP contribution in [0.3, 0.4) is 0 Å². The van der Waals surface area contributed by atoms with Crippen LogP contribution in [0.2, 0.25) is 5.02 Å². The van der Waals surface area contributed by atoms with Gasteiger partial charge in [0.05, 0.1) is 23.9 Å². The highest BCUT2D eigenvalue weighted by Gasteiger charge is 2.21. The lowest BCUT2D eigenvalue weighted by molar-refractivity contribution is 0.0950. The van der Waals surface area contributed by atoms with Crippen molar-refractivity contribution in [2.24, 2.45) is 0 Å². The summed E-state index contributed by atoms with van der Waals surface area (Å²) in [6, 6.07) is 17.6. The summed E-state index contributed by atoms with van der Waals surface area (Å²) in [6.07, 6.45) is 0. The molecule has 0 radical (unpaired) electrons. The number of halogens is 1. The van der Waals surface area contributed by atoms with Gasteiger partial charge < -0.3 is 15.0 Å². The van der Waals surface area contributed by atoms with E-state index in [-0.39, 0.29) is 21.4 Å². The summed E-state index contributed by atoms with van der Waals surface area (Å²) in [6.45, 7) is 7.22. The second-order valence-electron chi connectivity index (χ2n) is 8.52. The van der Waals surface area contributed by atoms with Gasteiger partial charge in [0.15, 0.2) is 0 Å². The number of morpholine rings is 1. The van der Waals surface area contributed by atoms with Crippen LogP contribution in [-0.4, -0.2) is 40.6 Å². The Hall–Kier alpha value is -3.07. The van der Waals surface area contributed by atoms with Gasteiger partial charge in [-0.05, 0) is 61.4 Å². The van der Waals surface area contributed by atoms with Crippen LogP contribution in [0.15, 0.2) is 65.6 Å². The minimum atomic E-state index is -3.99. The van der Waals surface area contributed by atoms with Crippen LogP contribution in [0.25, 0.3) is 0 Å². The molecule has 1 fully saturated rings. The lowest BCUT2D eigenvalue weighted by atomic mass is 10.1. The Morgan fingerprint density at radius 2 is 1.71 bits per heavy atom. The second kappa shape index (κ2) is 10.7. The highest BCUT2D eigenvalue weighted by atomic mass is 35.5. The zero-order valence-electron chi connectivity index (χ0n) is 19.7. The van der Waals surface area contributed by atoms with Gasteiger partial charge in [-0.1, -0.05) is 41.4 Å². The topological polar surface area (TPSA) is 87.7 Å². The number of carbonyl (C=O) groups excluding carboxylic acids is 1. The fourth-order valence-electron chi connectivity index (χ4n) is 3.91. The van der Waals surface area contributed by atoms with Crippen LogP contribution in [0.1, 0.15) is 27.0 Å². The van der Waals surface area contributed by atoms with Gasteiger partial charge in [-0.3, -0.25) is 9.52 Å². The quantitative estimate of drug-likeness (QED) is 0.485. The van der Waals surface area contributed by atoms with Crippen LogP contribution in [0, 0.1) is 13.8 Å². The van der Waals surface area contributed by atoms with Crippen LogP contribution < -0.4 is 14.9 Å². The van der Waals surface area contributed by atoms with E-state index >= 15 is 0 Å². The van der Waals surface area contributed by atoms with E-state index in [1.165, 1.54) is 18.2 Å². The summed E-state index contributed by atoms with van der Waals surface area (Å²) in [5, 5.41) is 2.89. The van der Waals surface area contributed by atoms with E-state index in [1.54, 1.807) is 6.07 Å². The number of sulfonamides is 1. The monoisotopic (exact) mass is 513 g/mol. The first-order valence-corrected chi connectivity index (χ1v) is 13.2. The first-order chi connectivity index (χ1) is 16.7. The number of aryl methyl sites for hydroxylation is 2. The van der Waals surface area contributed by atoms with Crippen molar-refractivity contribution >= 4 is 38.9 Å². The fourth-order valence-corrected chi connectivity index (χ4v) is 5.57. The van der Waals surface area contributed by atoms with Crippen molar-refractivity contribution < 1.29 is 17.9 Å². The molecule has 0 atom stereocenters. The van der Waals surface area contributed by atoms with E-state index in [1.807, 2.05) is 50.2 Å². The highest BCUT2D eigenvalue weighted by molar-refractivity contribution is 7.92. The summed E-state index contributed by atoms with van der Waals surface area (Å²) >= 11 is 6.21. The van der Waals surface area contributed by atoms with Crippen molar-refractivity contribution in [2.75, 3.05) is 35.9 Å². The molecule has 1 aliphatic heterocycles. The Morgan fingerprint density at radius 1 is 1.00 bits per heavy atom. The Kier molecular flexibility index (Phi) is 7.64. The van der Waals surface area contributed by atoms with Crippen molar-refractivity contribution in [3.05, 3.63) is 87.9 Å². The van der Waals surface area contributed by atoms with E-state index in [0.717, 1.165) is 48.7 Å². The summed E-state index contributed by atoms with van der Waals surface area (Å²) < 4.78 is 34.0. The number of amides is 1. The summed E-state index contributed by atoms with van der Waals surface area (Å²) in [7, 11) is -3.99. The highest BCUT2D eigenvalue weighted by Crippen LogP contribution is 2.27. The number of nitrogens with zero attached hydrogens (tertiary/aromatic N) is 1. The first-order valence-electron chi connectivity index (χ1n) is 11.3. The second-order valence-corrected chi connectivity index (χ2v) is 10.6. The molecule has 0 aromatic heterocycles. The Bertz CT molecular complexity index is 1320. The standard InChI is InChI=1S/C26H28ClN3O4S/c1-18-3-10-24(19(2)15-18)29-35(32,33)25-16-21(6-9-23(25)27)26(31)28-17-20-4-7-22(8-5-20)30-11-13-34-14-12-30/h3-10,15-16,29H,11-14,17H2,1-2H3,(H,28,31). The Morgan fingerprint density at radius 3 is 2.40 bits per heavy atom. The lowest BCUT2D eigenvalue weighted by Gasteiger charge is -2.28. The van der Waals surface area contributed by atoms with Gasteiger partial charge in [-0.25, -0.2) is 8.42 Å². The van der Waals surface area contributed by atoms with Crippen molar-refractivity contribution in [2.45, 2.75) is 25.3 Å². The molecule has 9 heteroatoms. The maximum absolute atomic E-state index is 13.0. The van der Waals surface area contributed by atoms with Gasteiger partial charge in [0, 0.05) is 30.9 Å². The number of carbonyl (C=O) groups is 1. The molecule has 184 valence electrons. The third kappa shape index (κ3) is 6.14. The molecule has 7 nitrogen and oxygen atoms in total. The van der Waals surface area contributed by atoms with Gasteiger partial charge in [-0.2, -0.15) is 0 Å². The number of hydrogen-bond donors (Lipinski definition) is 2. The van der Waals surface area contributed by atoms with Crippen LogP contribution in [0.4, 0.5) is 11.4 Å². The molecule has 35 heavy (non-hydrogen) atoms. The predicted molar refractivity (Wildman–Crippen MR) is 139 cm³/mol. The van der Waals surface area contributed by atoms with E-state index in [4.69, 9.17) is 16.3 Å². The van der Waals surface area contributed by atoms with Gasteiger partial charge >= 0.3 is 0 Å². The molecular weight excluding hydrogens is 486 g/mol. The zero-order chi connectivity index (χ0) is 25.0. The number of nitrogens with one attached hydrogen (secondary N) is 2. The van der Waals surface area contributed by atoms with Crippen molar-refractivity contribution in [1.82, 2.24) is 5.32 Å². The molecule has 0 spiro atoms. The van der Waals surface area contributed by atoms with E-state index in [0.29, 0.717) is 12.2 Å². The third-order valence-electron chi connectivity index (χ3n) is 5.87. The van der Waals surface area contributed by atoms with Crippen LogP contribution in [0.5, 0.6) is 0 Å². The molecule has 1 heterocycles. The first kappa shape index (κ1) is 25.0.